The van der Waals surface area contributed by atoms with Crippen LogP contribution in [0.5, 0.6) is 0 Å². The van der Waals surface area contributed by atoms with Crippen molar-refractivity contribution in [3.8, 4) is 0 Å². The van der Waals surface area contributed by atoms with E-state index in [1.807, 2.05) is 18.3 Å². The van der Waals surface area contributed by atoms with Crippen LogP contribution in [-0.2, 0) is 13.0 Å². The van der Waals surface area contributed by atoms with Gasteiger partial charge in [-0.15, -0.1) is 0 Å². The largest absolute Gasteiger partial charge is 0.337 e. The predicted molar refractivity (Wildman–Crippen MR) is 107 cm³/mol. The van der Waals surface area contributed by atoms with E-state index >= 15 is 0 Å². The fourth-order valence-electron chi connectivity index (χ4n) is 3.67. The molecule has 26 heavy (non-hydrogen) atoms. The van der Waals surface area contributed by atoms with Crippen molar-refractivity contribution >= 4 is 17.5 Å². The van der Waals surface area contributed by atoms with E-state index in [4.69, 9.17) is 4.98 Å². The van der Waals surface area contributed by atoms with Crippen LogP contribution in [0.4, 0.5) is 17.5 Å². The number of rotatable bonds is 5. The second kappa shape index (κ2) is 7.16. The van der Waals surface area contributed by atoms with E-state index in [2.05, 4.69) is 77.2 Å². The molecule has 1 aliphatic heterocycles. The Balaban J connectivity index is 1.64. The van der Waals surface area contributed by atoms with Gasteiger partial charge in [-0.05, 0) is 43.5 Å². The molecule has 0 aliphatic carbocycles. The van der Waals surface area contributed by atoms with Crippen LogP contribution >= 0.6 is 0 Å². The zero-order chi connectivity index (χ0) is 17.9. The molecule has 0 saturated heterocycles. The Hall–Kier alpha value is -2.88. The molecule has 4 nitrogen and oxygen atoms in total. The molecule has 0 bridgehead atoms. The zero-order valence-corrected chi connectivity index (χ0v) is 15.3. The Labute approximate surface area is 155 Å². The first-order valence-corrected chi connectivity index (χ1v) is 9.25. The van der Waals surface area contributed by atoms with Gasteiger partial charge in [0.2, 0.25) is 5.95 Å². The minimum absolute atomic E-state index is 0.402. The first-order valence-electron chi connectivity index (χ1n) is 9.25. The van der Waals surface area contributed by atoms with Crippen molar-refractivity contribution in [1.29, 1.82) is 0 Å². The summed E-state index contributed by atoms with van der Waals surface area (Å²) in [5, 5.41) is 0. The van der Waals surface area contributed by atoms with E-state index in [0.29, 0.717) is 6.04 Å². The number of hydrogen-bond donors (Lipinski definition) is 0. The fourth-order valence-corrected chi connectivity index (χ4v) is 3.67. The van der Waals surface area contributed by atoms with E-state index in [0.717, 1.165) is 31.3 Å². The summed E-state index contributed by atoms with van der Waals surface area (Å²) in [5.41, 5.74) is 3.91. The highest BCUT2D eigenvalue weighted by atomic mass is 15.3. The summed E-state index contributed by atoms with van der Waals surface area (Å²) in [5.74, 6) is 1.75. The highest BCUT2D eigenvalue weighted by Gasteiger charge is 2.28. The summed E-state index contributed by atoms with van der Waals surface area (Å²) in [4.78, 5) is 14.0. The van der Waals surface area contributed by atoms with Crippen LogP contribution in [-0.4, -0.2) is 22.6 Å². The highest BCUT2D eigenvalue weighted by molar-refractivity contribution is 5.69. The van der Waals surface area contributed by atoms with Gasteiger partial charge in [-0.1, -0.05) is 48.5 Å². The Morgan fingerprint density at radius 2 is 1.81 bits per heavy atom. The topological polar surface area (TPSA) is 32.3 Å². The normalized spacial score (nSPS) is 15.8. The van der Waals surface area contributed by atoms with Gasteiger partial charge in [-0.25, -0.2) is 4.98 Å². The van der Waals surface area contributed by atoms with Crippen molar-refractivity contribution in [2.24, 2.45) is 0 Å². The molecule has 0 saturated carbocycles. The Morgan fingerprint density at radius 3 is 2.62 bits per heavy atom. The van der Waals surface area contributed by atoms with Crippen molar-refractivity contribution in [2.75, 3.05) is 16.3 Å². The summed E-state index contributed by atoms with van der Waals surface area (Å²) in [6.07, 6.45) is 2.93. The molecule has 0 amide bonds. The van der Waals surface area contributed by atoms with Crippen LogP contribution in [0.3, 0.4) is 0 Å². The van der Waals surface area contributed by atoms with Gasteiger partial charge >= 0.3 is 0 Å². The number of nitrogens with zero attached hydrogens (tertiary/aromatic N) is 4. The van der Waals surface area contributed by atoms with Gasteiger partial charge in [0.1, 0.15) is 5.82 Å². The van der Waals surface area contributed by atoms with Gasteiger partial charge in [-0.3, -0.25) is 0 Å². The molecule has 4 heteroatoms. The third-order valence-electron chi connectivity index (χ3n) is 4.96. The molecule has 3 aromatic rings. The maximum atomic E-state index is 4.91. The lowest BCUT2D eigenvalue weighted by molar-refractivity contribution is 0.740. The summed E-state index contributed by atoms with van der Waals surface area (Å²) >= 11 is 0. The quantitative estimate of drug-likeness (QED) is 0.678. The summed E-state index contributed by atoms with van der Waals surface area (Å²) in [7, 11) is 0. The molecule has 1 aliphatic rings. The van der Waals surface area contributed by atoms with Crippen LogP contribution in [0.1, 0.15) is 25.0 Å². The zero-order valence-electron chi connectivity index (χ0n) is 15.3. The Bertz CT molecular complexity index is 878. The van der Waals surface area contributed by atoms with E-state index in [1.54, 1.807) is 0 Å². The summed E-state index contributed by atoms with van der Waals surface area (Å²) in [6.45, 7) is 6.08. The first kappa shape index (κ1) is 16.6. The lowest BCUT2D eigenvalue weighted by Crippen LogP contribution is -2.28. The van der Waals surface area contributed by atoms with Crippen LogP contribution in [0.25, 0.3) is 0 Å². The maximum absolute atomic E-state index is 4.91. The second-order valence-corrected chi connectivity index (χ2v) is 6.77. The minimum Gasteiger partial charge on any atom is -0.337 e. The van der Waals surface area contributed by atoms with Gasteiger partial charge in [0.05, 0.1) is 0 Å². The lowest BCUT2D eigenvalue weighted by atomic mass is 10.1. The van der Waals surface area contributed by atoms with Gasteiger partial charge in [0.15, 0.2) is 0 Å². The molecule has 1 aromatic heterocycles. The Morgan fingerprint density at radius 1 is 1.04 bits per heavy atom. The summed E-state index contributed by atoms with van der Waals surface area (Å²) in [6, 6.07) is 21.5. The standard InChI is InChI=1S/C22H24N4/c1-3-25(16-18-9-5-4-6-10-18)22-23-14-13-21(24-22)26-17(2)15-19-11-7-8-12-20(19)26/h4-14,17H,3,15-16H2,1-2H3. The SMILES string of the molecule is CCN(Cc1ccccc1)c1nccc(N2c3ccccc3CC2C)n1. The monoisotopic (exact) mass is 344 g/mol. The predicted octanol–water partition coefficient (Wildman–Crippen LogP) is 4.59. The lowest BCUT2D eigenvalue weighted by Gasteiger charge is -2.26. The van der Waals surface area contributed by atoms with E-state index in [9.17, 15) is 0 Å². The summed E-state index contributed by atoms with van der Waals surface area (Å²) < 4.78 is 0. The van der Waals surface area contributed by atoms with Crippen molar-refractivity contribution in [3.05, 3.63) is 78.0 Å². The van der Waals surface area contributed by atoms with Crippen molar-refractivity contribution in [3.63, 3.8) is 0 Å². The van der Waals surface area contributed by atoms with Gasteiger partial charge in [0.25, 0.3) is 0 Å². The number of para-hydroxylation sites is 1. The van der Waals surface area contributed by atoms with Gasteiger partial charge in [-0.2, -0.15) is 4.98 Å². The molecular weight excluding hydrogens is 320 g/mol. The molecule has 0 N–H and O–H groups in total. The molecule has 2 aromatic carbocycles. The molecule has 132 valence electrons. The Kier molecular flexibility index (Phi) is 4.57. The number of fused-ring (bicyclic) bond motifs is 1. The molecule has 1 unspecified atom stereocenters. The second-order valence-electron chi connectivity index (χ2n) is 6.77. The molecule has 0 spiro atoms. The molecule has 2 heterocycles. The third kappa shape index (κ3) is 3.15. The number of benzene rings is 2. The van der Waals surface area contributed by atoms with E-state index in [1.165, 1.54) is 16.8 Å². The maximum Gasteiger partial charge on any atom is 0.227 e. The van der Waals surface area contributed by atoms with E-state index < -0.39 is 0 Å². The van der Waals surface area contributed by atoms with Gasteiger partial charge in [0, 0.05) is 31.0 Å². The van der Waals surface area contributed by atoms with E-state index in [-0.39, 0.29) is 0 Å². The molecular formula is C22H24N4. The minimum atomic E-state index is 0.402. The van der Waals surface area contributed by atoms with Crippen LogP contribution in [0.2, 0.25) is 0 Å². The molecule has 0 radical (unpaired) electrons. The van der Waals surface area contributed by atoms with Gasteiger partial charge < -0.3 is 9.80 Å². The molecule has 0 fully saturated rings. The molecule has 4 rings (SSSR count). The van der Waals surface area contributed by atoms with Crippen molar-refractivity contribution < 1.29 is 0 Å². The molecule has 1 atom stereocenters. The average Bonchev–Trinajstić information content (AvgIpc) is 3.02. The smallest absolute Gasteiger partial charge is 0.227 e. The fraction of sp³-hybridized carbons (Fsp3) is 0.273. The number of hydrogen-bond acceptors (Lipinski definition) is 4. The number of aromatic nitrogens is 2. The van der Waals surface area contributed by atoms with Crippen LogP contribution < -0.4 is 9.80 Å². The van der Waals surface area contributed by atoms with Crippen LogP contribution in [0.15, 0.2) is 66.9 Å². The highest BCUT2D eigenvalue weighted by Crippen LogP contribution is 2.37. The average molecular weight is 344 g/mol. The first-order chi connectivity index (χ1) is 12.8. The van der Waals surface area contributed by atoms with Crippen molar-refractivity contribution in [1.82, 2.24) is 9.97 Å². The third-order valence-corrected chi connectivity index (χ3v) is 4.96. The van der Waals surface area contributed by atoms with Crippen molar-refractivity contribution in [2.45, 2.75) is 32.9 Å². The number of anilines is 3. The van der Waals surface area contributed by atoms with Crippen LogP contribution in [0, 0.1) is 0 Å².